The third kappa shape index (κ3) is 8.24. The van der Waals surface area contributed by atoms with Gasteiger partial charge in [-0.15, -0.1) is 0 Å². The van der Waals surface area contributed by atoms with Gasteiger partial charge in [-0.2, -0.15) is 0 Å². The molecule has 2 N–H and O–H groups in total. The lowest BCUT2D eigenvalue weighted by atomic mass is 9.97. The average Bonchev–Trinajstić information content (AvgIpc) is 2.71. The fourth-order valence-electron chi connectivity index (χ4n) is 3.08. The first kappa shape index (κ1) is 24.1. The summed E-state index contributed by atoms with van der Waals surface area (Å²) in [5.41, 5.74) is 0.448. The summed E-state index contributed by atoms with van der Waals surface area (Å²) in [5, 5.41) is 4.77. The summed E-state index contributed by atoms with van der Waals surface area (Å²) in [6.07, 6.45) is 3.12. The summed E-state index contributed by atoms with van der Waals surface area (Å²) in [6.45, 7) is 7.66. The van der Waals surface area contributed by atoms with Crippen molar-refractivity contribution in [1.82, 2.24) is 15.5 Å². The highest BCUT2D eigenvalue weighted by Crippen LogP contribution is 2.20. The highest BCUT2D eigenvalue weighted by molar-refractivity contribution is 5.97. The van der Waals surface area contributed by atoms with Crippen LogP contribution in [-0.2, 0) is 19.1 Å². The molecule has 1 aromatic carbocycles. The number of hydrogen-bond acceptors (Lipinski definition) is 5. The van der Waals surface area contributed by atoms with Crippen LogP contribution < -0.4 is 10.6 Å². The fourth-order valence-corrected chi connectivity index (χ4v) is 3.08. The van der Waals surface area contributed by atoms with Gasteiger partial charge in [0.25, 0.3) is 5.91 Å². The van der Waals surface area contributed by atoms with Crippen LogP contribution in [0.2, 0.25) is 0 Å². The van der Waals surface area contributed by atoms with Crippen molar-refractivity contribution in [3.05, 3.63) is 42.0 Å². The van der Waals surface area contributed by atoms with Gasteiger partial charge < -0.3 is 15.0 Å². The summed E-state index contributed by atoms with van der Waals surface area (Å²) in [4.78, 5) is 50.3. The Hall–Kier alpha value is -3.16. The van der Waals surface area contributed by atoms with Crippen LogP contribution in [0.3, 0.4) is 0 Å². The Morgan fingerprint density at radius 1 is 1.10 bits per heavy atom. The molecule has 2 rings (SSSR count). The Bertz CT molecular complexity index is 821. The van der Waals surface area contributed by atoms with Crippen LogP contribution in [0, 0.1) is 5.92 Å². The molecule has 168 valence electrons. The van der Waals surface area contributed by atoms with Crippen molar-refractivity contribution in [2.75, 3.05) is 13.1 Å². The van der Waals surface area contributed by atoms with Gasteiger partial charge in [0, 0.05) is 24.7 Å². The lowest BCUT2D eigenvalue weighted by molar-refractivity contribution is -0.160. The number of nitrogens with one attached hydrogen (secondary N) is 2. The number of nitrogens with zero attached hydrogens (tertiary/aromatic N) is 1. The van der Waals surface area contributed by atoms with E-state index in [0.29, 0.717) is 25.9 Å². The van der Waals surface area contributed by atoms with Crippen molar-refractivity contribution >= 4 is 29.9 Å². The van der Waals surface area contributed by atoms with Crippen molar-refractivity contribution in [3.8, 4) is 0 Å². The highest BCUT2D eigenvalue weighted by atomic mass is 16.5. The maximum absolute atomic E-state index is 12.4. The van der Waals surface area contributed by atoms with Gasteiger partial charge in [-0.05, 0) is 52.2 Å². The minimum Gasteiger partial charge on any atom is -0.452 e. The van der Waals surface area contributed by atoms with Crippen LogP contribution in [0.4, 0.5) is 4.79 Å². The number of piperidine rings is 1. The number of urea groups is 1. The number of imide groups is 1. The van der Waals surface area contributed by atoms with Crippen LogP contribution in [0.25, 0.3) is 6.08 Å². The number of carbonyl (C=O) groups excluding carboxylic acids is 4. The largest absolute Gasteiger partial charge is 0.452 e. The number of rotatable bonds is 5. The van der Waals surface area contributed by atoms with Crippen molar-refractivity contribution in [1.29, 1.82) is 0 Å². The first-order valence-electron chi connectivity index (χ1n) is 10.4. The smallest absolute Gasteiger partial charge is 0.321 e. The molecule has 1 saturated heterocycles. The van der Waals surface area contributed by atoms with Gasteiger partial charge in [0.1, 0.15) is 0 Å². The van der Waals surface area contributed by atoms with Gasteiger partial charge in [0.2, 0.25) is 5.91 Å². The van der Waals surface area contributed by atoms with E-state index in [0.717, 1.165) is 5.56 Å². The second-order valence-corrected chi connectivity index (χ2v) is 8.62. The number of hydrogen-bond donors (Lipinski definition) is 2. The average molecular weight is 430 g/mol. The molecule has 1 aliphatic heterocycles. The summed E-state index contributed by atoms with van der Waals surface area (Å²) >= 11 is 0. The molecule has 4 amide bonds. The highest BCUT2D eigenvalue weighted by Gasteiger charge is 2.30. The van der Waals surface area contributed by atoms with Crippen LogP contribution in [0.15, 0.2) is 36.4 Å². The maximum atomic E-state index is 12.4. The van der Waals surface area contributed by atoms with Crippen LogP contribution >= 0.6 is 0 Å². The first-order valence-corrected chi connectivity index (χ1v) is 10.4. The molecule has 0 unspecified atom stereocenters. The summed E-state index contributed by atoms with van der Waals surface area (Å²) in [7, 11) is 0. The van der Waals surface area contributed by atoms with E-state index in [1.165, 1.54) is 13.0 Å². The quantitative estimate of drug-likeness (QED) is 0.553. The number of esters is 1. The maximum Gasteiger partial charge on any atom is 0.321 e. The normalized spacial score (nSPS) is 15.9. The van der Waals surface area contributed by atoms with E-state index in [9.17, 15) is 19.2 Å². The first-order chi connectivity index (χ1) is 14.5. The summed E-state index contributed by atoms with van der Waals surface area (Å²) < 4.78 is 5.24. The van der Waals surface area contributed by atoms with E-state index in [-0.39, 0.29) is 11.8 Å². The minimum atomic E-state index is -1.09. The van der Waals surface area contributed by atoms with E-state index in [4.69, 9.17) is 4.74 Å². The SMILES string of the molecule is C[C@H](OC(=O)C1CCN(C(=O)/C=C/c2ccccc2)CC1)C(=O)NC(=O)NC(C)(C)C. The molecule has 1 heterocycles. The van der Waals surface area contributed by atoms with E-state index in [1.54, 1.807) is 31.7 Å². The zero-order chi connectivity index (χ0) is 23.0. The van der Waals surface area contributed by atoms with Crippen molar-refractivity contribution < 1.29 is 23.9 Å². The van der Waals surface area contributed by atoms with Gasteiger partial charge >= 0.3 is 12.0 Å². The Balaban J connectivity index is 1.77. The molecule has 1 aromatic rings. The molecule has 1 aliphatic rings. The Kier molecular flexibility index (Phi) is 8.36. The Morgan fingerprint density at radius 3 is 2.29 bits per heavy atom. The zero-order valence-electron chi connectivity index (χ0n) is 18.5. The lowest BCUT2D eigenvalue weighted by Gasteiger charge is -2.30. The van der Waals surface area contributed by atoms with Crippen LogP contribution in [0.5, 0.6) is 0 Å². The third-order valence-corrected chi connectivity index (χ3v) is 4.75. The molecule has 0 bridgehead atoms. The van der Waals surface area contributed by atoms with E-state index in [1.807, 2.05) is 30.3 Å². The third-order valence-electron chi connectivity index (χ3n) is 4.75. The molecule has 0 radical (unpaired) electrons. The molecule has 8 nitrogen and oxygen atoms in total. The second-order valence-electron chi connectivity index (χ2n) is 8.62. The van der Waals surface area contributed by atoms with E-state index in [2.05, 4.69) is 10.6 Å². The predicted molar refractivity (Wildman–Crippen MR) is 117 cm³/mol. The topological polar surface area (TPSA) is 105 Å². The fraction of sp³-hybridized carbons (Fsp3) is 0.478. The Labute approximate surface area is 183 Å². The monoisotopic (exact) mass is 429 g/mol. The molecule has 31 heavy (non-hydrogen) atoms. The number of ether oxygens (including phenoxy) is 1. The molecule has 0 aliphatic carbocycles. The van der Waals surface area contributed by atoms with Crippen molar-refractivity contribution in [2.24, 2.45) is 5.92 Å². The molecular weight excluding hydrogens is 398 g/mol. The number of benzene rings is 1. The van der Waals surface area contributed by atoms with E-state index >= 15 is 0 Å². The zero-order valence-corrected chi connectivity index (χ0v) is 18.5. The van der Waals surface area contributed by atoms with Gasteiger partial charge in [-0.3, -0.25) is 19.7 Å². The molecule has 0 saturated carbocycles. The molecular formula is C23H31N3O5. The van der Waals surface area contributed by atoms with Gasteiger partial charge in [-0.1, -0.05) is 30.3 Å². The van der Waals surface area contributed by atoms with E-state index < -0.39 is 29.6 Å². The Morgan fingerprint density at radius 2 is 1.71 bits per heavy atom. The predicted octanol–water partition coefficient (Wildman–Crippen LogP) is 2.49. The standard InChI is InChI=1S/C23H31N3O5/c1-16(20(28)24-22(30)25-23(2,3)4)31-21(29)18-12-14-26(15-13-18)19(27)11-10-17-8-6-5-7-9-17/h5-11,16,18H,12-15H2,1-4H3,(H2,24,25,28,30)/b11-10+/t16-/m0/s1. The molecule has 0 spiro atoms. The number of likely N-dealkylation sites (tertiary alicyclic amines) is 1. The van der Waals surface area contributed by atoms with Crippen molar-refractivity contribution in [2.45, 2.75) is 52.2 Å². The number of amides is 4. The van der Waals surface area contributed by atoms with Gasteiger partial charge in [-0.25, -0.2) is 4.79 Å². The van der Waals surface area contributed by atoms with Crippen molar-refractivity contribution in [3.63, 3.8) is 0 Å². The molecule has 1 fully saturated rings. The summed E-state index contributed by atoms with van der Waals surface area (Å²) in [6, 6.07) is 8.90. The second kappa shape index (κ2) is 10.7. The lowest BCUT2D eigenvalue weighted by Crippen LogP contribution is -2.51. The van der Waals surface area contributed by atoms with Crippen LogP contribution in [0.1, 0.15) is 46.1 Å². The molecule has 1 atom stereocenters. The number of carbonyl (C=O) groups is 4. The van der Waals surface area contributed by atoms with Gasteiger partial charge in [0.05, 0.1) is 5.92 Å². The van der Waals surface area contributed by atoms with Gasteiger partial charge in [0.15, 0.2) is 6.10 Å². The van der Waals surface area contributed by atoms with Crippen LogP contribution in [-0.4, -0.2) is 53.4 Å². The summed E-state index contributed by atoms with van der Waals surface area (Å²) in [5.74, 6) is -1.67. The minimum absolute atomic E-state index is 0.103. The molecule has 8 heteroatoms. The molecule has 0 aromatic heterocycles.